The second-order valence-corrected chi connectivity index (χ2v) is 6.20. The fraction of sp³-hybridized carbons (Fsp3) is 0.529. The molecule has 1 atom stereocenters. The van der Waals surface area contributed by atoms with Crippen LogP contribution in [0.2, 0.25) is 0 Å². The maximum atomic E-state index is 13.6. The summed E-state index contributed by atoms with van der Waals surface area (Å²) in [5, 5.41) is 9.09. The third-order valence-corrected chi connectivity index (χ3v) is 4.47. The van der Waals surface area contributed by atoms with E-state index < -0.39 is 11.6 Å². The highest BCUT2D eigenvalue weighted by atomic mass is 19.2. The molecule has 1 fully saturated rings. The minimum Gasteiger partial charge on any atom is -0.326 e. The molecule has 3 nitrogen and oxygen atoms in total. The molecule has 1 aromatic carbocycles. The highest BCUT2D eigenvalue weighted by Gasteiger charge is 2.24. The number of fused-ring (bicyclic) bond motifs is 1. The monoisotopic (exact) mass is 303 g/mol. The first-order chi connectivity index (χ1) is 10.6. The van der Waals surface area contributed by atoms with Crippen molar-refractivity contribution in [2.24, 2.45) is 5.92 Å². The maximum Gasteiger partial charge on any atom is 0.161 e. The Labute approximate surface area is 128 Å². The number of hydrogen-bond donors (Lipinski definition) is 0. The van der Waals surface area contributed by atoms with E-state index in [9.17, 15) is 8.78 Å². The van der Waals surface area contributed by atoms with Crippen LogP contribution in [0.3, 0.4) is 0 Å². The van der Waals surface area contributed by atoms with E-state index in [1.165, 1.54) is 12.5 Å². The first-order valence-electron chi connectivity index (χ1n) is 7.85. The number of rotatable bonds is 3. The van der Waals surface area contributed by atoms with Gasteiger partial charge >= 0.3 is 0 Å². The number of halogens is 2. The van der Waals surface area contributed by atoms with E-state index in [-0.39, 0.29) is 5.92 Å². The first kappa shape index (κ1) is 15.0. The van der Waals surface area contributed by atoms with E-state index in [1.54, 1.807) is 0 Å². The van der Waals surface area contributed by atoms with E-state index in [4.69, 9.17) is 5.26 Å². The predicted octanol–water partition coefficient (Wildman–Crippen LogP) is 4.52. The zero-order valence-electron chi connectivity index (χ0n) is 12.6. The lowest BCUT2D eigenvalue weighted by molar-refractivity contribution is 0.411. The molecule has 3 rings (SSSR count). The summed E-state index contributed by atoms with van der Waals surface area (Å²) in [6, 6.07) is 4.57. The van der Waals surface area contributed by atoms with Crippen molar-refractivity contribution in [2.45, 2.75) is 51.5 Å². The van der Waals surface area contributed by atoms with E-state index in [1.807, 2.05) is 11.5 Å². The Morgan fingerprint density at radius 3 is 2.64 bits per heavy atom. The highest BCUT2D eigenvalue weighted by Crippen LogP contribution is 2.34. The lowest BCUT2D eigenvalue weighted by Gasteiger charge is -2.22. The fourth-order valence-corrected chi connectivity index (χ4v) is 3.32. The highest BCUT2D eigenvalue weighted by molar-refractivity contribution is 5.76. The second-order valence-electron chi connectivity index (χ2n) is 6.20. The molecule has 0 aliphatic heterocycles. The molecule has 0 amide bonds. The van der Waals surface area contributed by atoms with Gasteiger partial charge in [-0.05, 0) is 19.8 Å². The van der Waals surface area contributed by atoms with Crippen LogP contribution in [0.25, 0.3) is 11.0 Å². The van der Waals surface area contributed by atoms with Crippen LogP contribution < -0.4 is 0 Å². The Balaban J connectivity index is 2.12. The summed E-state index contributed by atoms with van der Waals surface area (Å²) in [5.74, 6) is -0.748. The molecule has 1 aliphatic rings. The third kappa shape index (κ3) is 2.70. The van der Waals surface area contributed by atoms with E-state index in [0.717, 1.165) is 37.6 Å². The van der Waals surface area contributed by atoms with Crippen LogP contribution in [0.15, 0.2) is 12.1 Å². The molecular formula is C17H19F2N3. The largest absolute Gasteiger partial charge is 0.326 e. The lowest BCUT2D eigenvalue weighted by Crippen LogP contribution is -2.15. The van der Waals surface area contributed by atoms with Gasteiger partial charge in [0, 0.05) is 24.6 Å². The Morgan fingerprint density at radius 2 is 1.95 bits per heavy atom. The van der Waals surface area contributed by atoms with Crippen molar-refractivity contribution in [3.63, 3.8) is 0 Å². The average molecular weight is 303 g/mol. The third-order valence-electron chi connectivity index (χ3n) is 4.47. The van der Waals surface area contributed by atoms with E-state index >= 15 is 0 Å². The van der Waals surface area contributed by atoms with Gasteiger partial charge in [-0.15, -0.1) is 0 Å². The molecule has 116 valence electrons. The lowest BCUT2D eigenvalue weighted by atomic mass is 9.88. The smallest absolute Gasteiger partial charge is 0.161 e. The van der Waals surface area contributed by atoms with Crippen molar-refractivity contribution in [1.82, 2.24) is 9.55 Å². The summed E-state index contributed by atoms with van der Waals surface area (Å²) in [5.41, 5.74) is 1.06. The van der Waals surface area contributed by atoms with Crippen molar-refractivity contribution in [1.29, 1.82) is 5.26 Å². The zero-order chi connectivity index (χ0) is 15.7. The fourth-order valence-electron chi connectivity index (χ4n) is 3.32. The summed E-state index contributed by atoms with van der Waals surface area (Å²) >= 11 is 0. The van der Waals surface area contributed by atoms with Crippen LogP contribution in [-0.4, -0.2) is 9.55 Å². The van der Waals surface area contributed by atoms with Gasteiger partial charge in [0.15, 0.2) is 11.6 Å². The van der Waals surface area contributed by atoms with Gasteiger partial charge in [0.25, 0.3) is 0 Å². The topological polar surface area (TPSA) is 41.6 Å². The normalized spacial score (nSPS) is 17.5. The van der Waals surface area contributed by atoms with Crippen LogP contribution in [0, 0.1) is 28.9 Å². The van der Waals surface area contributed by atoms with Crippen LogP contribution in [0.5, 0.6) is 0 Å². The number of nitriles is 1. The van der Waals surface area contributed by atoms with Gasteiger partial charge in [0.1, 0.15) is 5.82 Å². The molecule has 1 heterocycles. The molecule has 1 unspecified atom stereocenters. The first-order valence-corrected chi connectivity index (χ1v) is 7.85. The minimum atomic E-state index is -0.874. The molecule has 0 bridgehead atoms. The van der Waals surface area contributed by atoms with Crippen LogP contribution in [0.4, 0.5) is 8.78 Å². The van der Waals surface area contributed by atoms with Crippen molar-refractivity contribution >= 4 is 11.0 Å². The van der Waals surface area contributed by atoms with Gasteiger partial charge < -0.3 is 4.57 Å². The Morgan fingerprint density at radius 1 is 1.27 bits per heavy atom. The zero-order valence-corrected chi connectivity index (χ0v) is 12.6. The number of benzene rings is 1. The van der Waals surface area contributed by atoms with Crippen LogP contribution in [0.1, 0.15) is 50.8 Å². The van der Waals surface area contributed by atoms with Crippen molar-refractivity contribution in [3.8, 4) is 6.07 Å². The summed E-state index contributed by atoms with van der Waals surface area (Å²) in [6.45, 7) is 2.29. The maximum absolute atomic E-state index is 13.6. The molecule has 0 saturated heterocycles. The number of hydrogen-bond acceptors (Lipinski definition) is 2. The molecule has 0 spiro atoms. The van der Waals surface area contributed by atoms with Gasteiger partial charge in [-0.2, -0.15) is 5.26 Å². The molecule has 5 heteroatoms. The number of nitrogens with zero attached hydrogens (tertiary/aromatic N) is 3. The molecule has 0 radical (unpaired) electrons. The Bertz CT molecular complexity index is 724. The van der Waals surface area contributed by atoms with Crippen LogP contribution in [-0.2, 0) is 6.54 Å². The van der Waals surface area contributed by atoms with Gasteiger partial charge in [-0.25, -0.2) is 13.8 Å². The molecule has 1 aromatic heterocycles. The molecule has 1 aliphatic carbocycles. The van der Waals surface area contributed by atoms with Crippen molar-refractivity contribution in [3.05, 3.63) is 29.6 Å². The van der Waals surface area contributed by atoms with Gasteiger partial charge in [0.05, 0.1) is 23.0 Å². The summed E-state index contributed by atoms with van der Waals surface area (Å²) in [6.07, 6.45) is 5.65. The van der Waals surface area contributed by atoms with Crippen molar-refractivity contribution in [2.75, 3.05) is 0 Å². The second kappa shape index (κ2) is 6.04. The van der Waals surface area contributed by atoms with E-state index in [2.05, 4.69) is 11.1 Å². The van der Waals surface area contributed by atoms with Gasteiger partial charge in [0.2, 0.25) is 0 Å². The Hall–Kier alpha value is -1.96. The molecular weight excluding hydrogens is 284 g/mol. The van der Waals surface area contributed by atoms with Crippen LogP contribution >= 0.6 is 0 Å². The average Bonchev–Trinajstić information content (AvgIpc) is 2.86. The molecule has 0 N–H and O–H groups in total. The molecule has 1 saturated carbocycles. The van der Waals surface area contributed by atoms with E-state index in [0.29, 0.717) is 23.5 Å². The molecule has 22 heavy (non-hydrogen) atoms. The SMILES string of the molecule is CC(C#N)Cn1c(C2CCCCC2)nc2cc(F)c(F)cc21. The standard InChI is InChI=1S/C17H19F2N3/c1-11(9-20)10-22-16-8-14(19)13(18)7-15(16)21-17(22)12-5-3-2-4-6-12/h7-8,11-12H,2-6,10H2,1H3. The quantitative estimate of drug-likeness (QED) is 0.836. The number of imidazole rings is 1. The van der Waals surface area contributed by atoms with Gasteiger partial charge in [-0.1, -0.05) is 19.3 Å². The van der Waals surface area contributed by atoms with Gasteiger partial charge in [-0.3, -0.25) is 0 Å². The molecule has 2 aromatic rings. The number of aromatic nitrogens is 2. The van der Waals surface area contributed by atoms with Crippen molar-refractivity contribution < 1.29 is 8.78 Å². The predicted molar refractivity (Wildman–Crippen MR) is 80.3 cm³/mol. The Kier molecular flexibility index (Phi) is 4.10. The summed E-state index contributed by atoms with van der Waals surface area (Å²) in [4.78, 5) is 4.57. The minimum absolute atomic E-state index is 0.201. The summed E-state index contributed by atoms with van der Waals surface area (Å²) in [7, 11) is 0. The summed E-state index contributed by atoms with van der Waals surface area (Å²) < 4.78 is 29.0.